The second-order valence-electron chi connectivity index (χ2n) is 7.58. The van der Waals surface area contributed by atoms with E-state index >= 15 is 0 Å². The Balaban J connectivity index is 1.35. The highest BCUT2D eigenvalue weighted by molar-refractivity contribution is 7.20. The fraction of sp³-hybridized carbons (Fsp3) is 0.0385. The Morgan fingerprint density at radius 3 is 2.53 bits per heavy atom. The highest BCUT2D eigenvalue weighted by atomic mass is 32.1. The third kappa shape index (κ3) is 4.68. The van der Waals surface area contributed by atoms with Gasteiger partial charge in [0.2, 0.25) is 0 Å². The lowest BCUT2D eigenvalue weighted by atomic mass is 10.0. The minimum absolute atomic E-state index is 0.133. The molecule has 5 aromatic rings. The number of thiophene rings is 2. The summed E-state index contributed by atoms with van der Waals surface area (Å²) in [6, 6.07) is 28.7. The van der Waals surface area contributed by atoms with Gasteiger partial charge in [-0.1, -0.05) is 59.9 Å². The summed E-state index contributed by atoms with van der Waals surface area (Å²) in [5.74, 6) is -0.137. The van der Waals surface area contributed by atoms with Crippen molar-refractivity contribution in [2.24, 2.45) is 0 Å². The van der Waals surface area contributed by atoms with Crippen LogP contribution < -0.4 is 10.6 Å². The van der Waals surface area contributed by atoms with Gasteiger partial charge in [0.1, 0.15) is 0 Å². The summed E-state index contributed by atoms with van der Waals surface area (Å²) in [7, 11) is 0. The zero-order valence-corrected chi connectivity index (χ0v) is 19.5. The van der Waals surface area contributed by atoms with E-state index in [4.69, 9.17) is 0 Å². The molecule has 3 aromatic carbocycles. The number of nitrogens with one attached hydrogen (secondary N) is 2. The second-order valence-corrected chi connectivity index (χ2v) is 9.81. The van der Waals surface area contributed by atoms with Crippen LogP contribution >= 0.6 is 22.7 Å². The molecule has 2 heterocycles. The van der Waals surface area contributed by atoms with Crippen molar-refractivity contribution in [3.8, 4) is 11.1 Å². The van der Waals surface area contributed by atoms with Gasteiger partial charge in [0.05, 0.1) is 9.80 Å². The molecule has 0 fully saturated rings. The van der Waals surface area contributed by atoms with Crippen LogP contribution in [-0.4, -0.2) is 10.8 Å². The number of hydrogen-bond acceptors (Lipinski definition) is 6. The van der Waals surface area contributed by atoms with Crippen LogP contribution in [0.25, 0.3) is 21.2 Å². The van der Waals surface area contributed by atoms with Crippen LogP contribution in [0.1, 0.15) is 14.5 Å². The lowest BCUT2D eigenvalue weighted by Crippen LogP contribution is -2.10. The number of hydrogen-bond donors (Lipinski definition) is 2. The van der Waals surface area contributed by atoms with Crippen molar-refractivity contribution in [1.82, 2.24) is 0 Å². The monoisotopic (exact) mass is 485 g/mol. The van der Waals surface area contributed by atoms with Gasteiger partial charge in [-0.05, 0) is 47.3 Å². The van der Waals surface area contributed by atoms with Crippen molar-refractivity contribution < 1.29 is 9.72 Å². The molecule has 0 radical (unpaired) electrons. The Morgan fingerprint density at radius 2 is 1.71 bits per heavy atom. The average Bonchev–Trinajstić information content (AvgIpc) is 3.51. The number of para-hydroxylation sites is 1. The maximum Gasteiger partial charge on any atom is 0.324 e. The summed E-state index contributed by atoms with van der Waals surface area (Å²) in [5, 5.41) is 18.5. The van der Waals surface area contributed by atoms with Gasteiger partial charge in [-0.3, -0.25) is 14.9 Å². The second kappa shape index (κ2) is 9.46. The number of benzene rings is 3. The van der Waals surface area contributed by atoms with Crippen LogP contribution in [0.2, 0.25) is 0 Å². The quantitative estimate of drug-likeness (QED) is 0.186. The van der Waals surface area contributed by atoms with E-state index in [0.717, 1.165) is 48.8 Å². The lowest BCUT2D eigenvalue weighted by molar-refractivity contribution is -0.380. The average molecular weight is 486 g/mol. The SMILES string of the molecule is O=C(Nc1ccccc1-c1cccc(NCc2ccc([N+](=O)[O-])s2)c1)c1cc2ccccc2s1. The highest BCUT2D eigenvalue weighted by Crippen LogP contribution is 2.32. The highest BCUT2D eigenvalue weighted by Gasteiger charge is 2.14. The molecule has 5 rings (SSSR count). The molecule has 0 saturated carbocycles. The summed E-state index contributed by atoms with van der Waals surface area (Å²) in [4.78, 5) is 25.1. The van der Waals surface area contributed by atoms with Crippen molar-refractivity contribution in [3.05, 3.63) is 111 Å². The summed E-state index contributed by atoms with van der Waals surface area (Å²) in [6.45, 7) is 0.492. The van der Waals surface area contributed by atoms with Gasteiger partial charge < -0.3 is 10.6 Å². The van der Waals surface area contributed by atoms with Gasteiger partial charge in [-0.15, -0.1) is 11.3 Å². The largest absolute Gasteiger partial charge is 0.380 e. The molecule has 1 amide bonds. The molecule has 0 aliphatic heterocycles. The van der Waals surface area contributed by atoms with Crippen LogP contribution in [0.3, 0.4) is 0 Å². The maximum absolute atomic E-state index is 13.0. The van der Waals surface area contributed by atoms with Gasteiger partial charge in [-0.2, -0.15) is 0 Å². The van der Waals surface area contributed by atoms with Crippen molar-refractivity contribution in [1.29, 1.82) is 0 Å². The number of carbonyl (C=O) groups is 1. The van der Waals surface area contributed by atoms with Crippen molar-refractivity contribution in [3.63, 3.8) is 0 Å². The molecule has 0 unspecified atom stereocenters. The molecule has 34 heavy (non-hydrogen) atoms. The maximum atomic E-state index is 13.0. The normalized spacial score (nSPS) is 10.8. The minimum atomic E-state index is -0.376. The number of fused-ring (bicyclic) bond motifs is 1. The molecule has 0 bridgehead atoms. The number of rotatable bonds is 7. The van der Waals surface area contributed by atoms with Crippen LogP contribution in [0, 0.1) is 10.1 Å². The van der Waals surface area contributed by atoms with Gasteiger partial charge in [0, 0.05) is 39.1 Å². The Labute approximate surface area is 203 Å². The molecule has 0 aliphatic carbocycles. The summed E-state index contributed by atoms with van der Waals surface area (Å²) in [5.41, 5.74) is 3.48. The molecular weight excluding hydrogens is 466 g/mol. The van der Waals surface area contributed by atoms with Gasteiger partial charge in [-0.25, -0.2) is 0 Å². The number of carbonyl (C=O) groups excluding carboxylic acids is 1. The molecule has 2 aromatic heterocycles. The summed E-state index contributed by atoms with van der Waals surface area (Å²) < 4.78 is 1.08. The first-order valence-electron chi connectivity index (χ1n) is 10.5. The fourth-order valence-electron chi connectivity index (χ4n) is 3.67. The van der Waals surface area contributed by atoms with E-state index in [0.29, 0.717) is 11.4 Å². The number of nitrogens with zero attached hydrogens (tertiary/aromatic N) is 1. The van der Waals surface area contributed by atoms with Crippen molar-refractivity contribution >= 4 is 55.0 Å². The molecule has 0 atom stereocenters. The smallest absolute Gasteiger partial charge is 0.324 e. The summed E-state index contributed by atoms with van der Waals surface area (Å²) in [6.07, 6.45) is 0. The Bertz CT molecular complexity index is 1470. The van der Waals surface area contributed by atoms with E-state index in [1.807, 2.05) is 78.9 Å². The Kier molecular flexibility index (Phi) is 6.07. The fourth-order valence-corrected chi connectivity index (χ4v) is 5.38. The predicted octanol–water partition coefficient (Wildman–Crippen LogP) is 7.40. The minimum Gasteiger partial charge on any atom is -0.380 e. The van der Waals surface area contributed by atoms with Crippen LogP contribution in [-0.2, 0) is 6.54 Å². The molecule has 8 heteroatoms. The van der Waals surface area contributed by atoms with E-state index in [-0.39, 0.29) is 15.8 Å². The lowest BCUT2D eigenvalue weighted by Gasteiger charge is -2.12. The third-order valence-electron chi connectivity index (χ3n) is 5.29. The number of anilines is 2. The zero-order valence-electron chi connectivity index (χ0n) is 17.9. The van der Waals surface area contributed by atoms with Gasteiger partial charge in [0.25, 0.3) is 5.91 Å². The summed E-state index contributed by atoms with van der Waals surface area (Å²) >= 11 is 2.63. The molecule has 168 valence electrons. The van der Waals surface area contributed by atoms with Crippen LogP contribution in [0.4, 0.5) is 16.4 Å². The first-order chi connectivity index (χ1) is 16.6. The van der Waals surface area contributed by atoms with Crippen LogP contribution in [0.5, 0.6) is 0 Å². The number of amides is 1. The van der Waals surface area contributed by atoms with Crippen molar-refractivity contribution in [2.75, 3.05) is 10.6 Å². The molecular formula is C26H19N3O3S2. The Morgan fingerprint density at radius 1 is 0.882 bits per heavy atom. The van der Waals surface area contributed by atoms with Gasteiger partial charge in [0.15, 0.2) is 0 Å². The standard InChI is InChI=1S/C26H19N3O3S2/c30-26(24-15-18-6-1-4-11-23(18)34-24)28-22-10-3-2-9-21(22)17-7-5-8-19(14-17)27-16-20-12-13-25(33-20)29(31)32/h1-15,27H,16H2,(H,28,30). The molecule has 0 spiro atoms. The van der Waals surface area contributed by atoms with E-state index in [2.05, 4.69) is 10.6 Å². The van der Waals surface area contributed by atoms with E-state index in [9.17, 15) is 14.9 Å². The van der Waals surface area contributed by atoms with Crippen molar-refractivity contribution in [2.45, 2.75) is 6.54 Å². The molecule has 6 nitrogen and oxygen atoms in total. The van der Waals surface area contributed by atoms with Gasteiger partial charge >= 0.3 is 5.00 Å². The topological polar surface area (TPSA) is 84.3 Å². The first-order valence-corrected chi connectivity index (χ1v) is 12.2. The number of nitro groups is 1. The Hall–Kier alpha value is -4.01. The van der Waals surface area contributed by atoms with E-state index in [1.54, 1.807) is 6.07 Å². The predicted molar refractivity (Wildman–Crippen MR) is 140 cm³/mol. The molecule has 0 saturated heterocycles. The first kappa shape index (κ1) is 21.8. The van der Waals surface area contributed by atoms with Crippen LogP contribution in [0.15, 0.2) is 91.0 Å². The van der Waals surface area contributed by atoms with E-state index in [1.165, 1.54) is 17.4 Å². The molecule has 0 aliphatic rings. The third-order valence-corrected chi connectivity index (χ3v) is 7.44. The molecule has 2 N–H and O–H groups in total. The van der Waals surface area contributed by atoms with E-state index < -0.39 is 0 Å². The zero-order chi connectivity index (χ0) is 23.5.